The second kappa shape index (κ2) is 9.13. The van der Waals surface area contributed by atoms with Gasteiger partial charge >= 0.3 is 0 Å². The summed E-state index contributed by atoms with van der Waals surface area (Å²) in [5.74, 6) is 0.888. The zero-order valence-electron chi connectivity index (χ0n) is 14.6. The molecule has 0 heterocycles. The van der Waals surface area contributed by atoms with E-state index in [9.17, 15) is 9.59 Å². The largest absolute Gasteiger partial charge is 0.494 e. The lowest BCUT2D eigenvalue weighted by atomic mass is 10.1. The molecular weight excluding hydrogens is 336 g/mol. The van der Waals surface area contributed by atoms with Crippen molar-refractivity contribution < 1.29 is 14.3 Å². The van der Waals surface area contributed by atoms with Gasteiger partial charge < -0.3 is 15.4 Å². The number of hydrogen-bond acceptors (Lipinski definition) is 4. The molecule has 0 radical (unpaired) electrons. The number of anilines is 2. The molecule has 2 rings (SSSR count). The fourth-order valence-corrected chi connectivity index (χ4v) is 2.93. The van der Waals surface area contributed by atoms with Crippen molar-refractivity contribution in [2.24, 2.45) is 0 Å². The number of carbonyl (C=O) groups is 2. The van der Waals surface area contributed by atoms with Crippen LogP contribution in [0.5, 0.6) is 5.75 Å². The summed E-state index contributed by atoms with van der Waals surface area (Å²) >= 11 is 1.46. The summed E-state index contributed by atoms with van der Waals surface area (Å²) in [5, 5.41) is 5.64. The molecule has 0 fully saturated rings. The summed E-state index contributed by atoms with van der Waals surface area (Å²) in [5.41, 5.74) is 2.23. The average molecular weight is 358 g/mol. The fraction of sp³-hybridized carbons (Fsp3) is 0.263. The quantitative estimate of drug-likeness (QED) is 0.732. The van der Waals surface area contributed by atoms with Gasteiger partial charge in [-0.3, -0.25) is 9.59 Å². The number of thioether (sulfide) groups is 1. The van der Waals surface area contributed by atoms with Crippen molar-refractivity contribution in [1.82, 2.24) is 0 Å². The number of hydrogen-bond donors (Lipinski definition) is 2. The zero-order chi connectivity index (χ0) is 18.2. The van der Waals surface area contributed by atoms with Gasteiger partial charge in [-0.2, -0.15) is 0 Å². The molecule has 0 saturated heterocycles. The van der Waals surface area contributed by atoms with Gasteiger partial charge in [0.15, 0.2) is 0 Å². The van der Waals surface area contributed by atoms with Crippen LogP contribution in [0.15, 0.2) is 47.4 Å². The number of nitrogens with one attached hydrogen (secondary N) is 2. The highest BCUT2D eigenvalue weighted by Gasteiger charge is 2.09. The summed E-state index contributed by atoms with van der Waals surface area (Å²) in [7, 11) is 0. The molecule has 25 heavy (non-hydrogen) atoms. The van der Waals surface area contributed by atoms with Gasteiger partial charge in [0, 0.05) is 23.2 Å². The van der Waals surface area contributed by atoms with Crippen molar-refractivity contribution in [2.75, 3.05) is 23.0 Å². The molecule has 0 atom stereocenters. The second-order valence-corrected chi connectivity index (χ2v) is 6.45. The lowest BCUT2D eigenvalue weighted by molar-refractivity contribution is -0.114. The maximum Gasteiger partial charge on any atom is 0.234 e. The SMILES string of the molecule is CCOc1ccc(SCC(=O)Nc2cccc(NC(C)=O)c2C)cc1. The van der Waals surface area contributed by atoms with E-state index in [1.165, 1.54) is 18.7 Å². The Balaban J connectivity index is 1.93. The molecule has 0 saturated carbocycles. The number of rotatable bonds is 7. The van der Waals surface area contributed by atoms with E-state index < -0.39 is 0 Å². The first-order valence-corrected chi connectivity index (χ1v) is 9.01. The van der Waals surface area contributed by atoms with Crippen LogP contribution in [0.25, 0.3) is 0 Å². The Morgan fingerprint density at radius 3 is 2.28 bits per heavy atom. The highest BCUT2D eigenvalue weighted by atomic mass is 32.2. The minimum absolute atomic E-state index is 0.0954. The van der Waals surface area contributed by atoms with E-state index in [2.05, 4.69) is 10.6 Å². The van der Waals surface area contributed by atoms with Crippen LogP contribution in [0.4, 0.5) is 11.4 Å². The van der Waals surface area contributed by atoms with Gasteiger partial charge in [-0.1, -0.05) is 6.07 Å². The van der Waals surface area contributed by atoms with E-state index >= 15 is 0 Å². The molecule has 0 unspecified atom stereocenters. The molecule has 0 spiro atoms. The molecule has 0 aromatic heterocycles. The Labute approximate surface area is 152 Å². The Hall–Kier alpha value is -2.47. The highest BCUT2D eigenvalue weighted by Crippen LogP contribution is 2.25. The van der Waals surface area contributed by atoms with Gasteiger partial charge in [0.05, 0.1) is 12.4 Å². The van der Waals surface area contributed by atoms with Crippen LogP contribution in [-0.4, -0.2) is 24.2 Å². The number of carbonyl (C=O) groups excluding carboxylic acids is 2. The molecule has 2 aromatic rings. The smallest absolute Gasteiger partial charge is 0.234 e. The van der Waals surface area contributed by atoms with Gasteiger partial charge in [-0.25, -0.2) is 0 Å². The Kier molecular flexibility index (Phi) is 6.89. The molecule has 0 aliphatic rings. The van der Waals surface area contributed by atoms with E-state index in [-0.39, 0.29) is 11.8 Å². The lowest BCUT2D eigenvalue weighted by Gasteiger charge is -2.12. The van der Waals surface area contributed by atoms with Crippen LogP contribution in [0.2, 0.25) is 0 Å². The summed E-state index contributed by atoms with van der Waals surface area (Å²) in [4.78, 5) is 24.4. The van der Waals surface area contributed by atoms with Crippen LogP contribution >= 0.6 is 11.8 Å². The van der Waals surface area contributed by atoms with Crippen molar-refractivity contribution in [1.29, 1.82) is 0 Å². The van der Waals surface area contributed by atoms with E-state index in [0.717, 1.165) is 16.2 Å². The lowest BCUT2D eigenvalue weighted by Crippen LogP contribution is -2.16. The molecule has 2 aromatic carbocycles. The first-order valence-electron chi connectivity index (χ1n) is 8.02. The zero-order valence-corrected chi connectivity index (χ0v) is 15.4. The third-order valence-corrected chi connectivity index (χ3v) is 4.44. The molecule has 0 aliphatic carbocycles. The van der Waals surface area contributed by atoms with Crippen LogP contribution in [0.1, 0.15) is 19.4 Å². The average Bonchev–Trinajstić information content (AvgIpc) is 2.58. The number of amides is 2. The molecule has 2 N–H and O–H groups in total. The van der Waals surface area contributed by atoms with Gasteiger partial charge in [0.2, 0.25) is 11.8 Å². The maximum atomic E-state index is 12.2. The van der Waals surface area contributed by atoms with E-state index in [0.29, 0.717) is 23.7 Å². The molecule has 0 bridgehead atoms. The third-order valence-electron chi connectivity index (χ3n) is 3.42. The van der Waals surface area contributed by atoms with Crippen LogP contribution in [0, 0.1) is 6.92 Å². The highest BCUT2D eigenvalue weighted by molar-refractivity contribution is 8.00. The predicted molar refractivity (Wildman–Crippen MR) is 102 cm³/mol. The number of ether oxygens (including phenoxy) is 1. The van der Waals surface area contributed by atoms with E-state index in [1.807, 2.05) is 44.2 Å². The van der Waals surface area contributed by atoms with Crippen molar-refractivity contribution in [3.05, 3.63) is 48.0 Å². The fourth-order valence-electron chi connectivity index (χ4n) is 2.23. The van der Waals surface area contributed by atoms with Gasteiger partial charge in [-0.05, 0) is 55.8 Å². The maximum absolute atomic E-state index is 12.2. The second-order valence-electron chi connectivity index (χ2n) is 5.40. The standard InChI is InChI=1S/C19H22N2O3S/c1-4-24-15-8-10-16(11-9-15)25-12-19(23)21-18-7-5-6-17(13(18)2)20-14(3)22/h5-11H,4,12H2,1-3H3,(H,20,22)(H,21,23). The molecule has 0 aliphatic heterocycles. The first-order chi connectivity index (χ1) is 12.0. The van der Waals surface area contributed by atoms with E-state index in [1.54, 1.807) is 12.1 Å². The Morgan fingerprint density at radius 2 is 1.68 bits per heavy atom. The molecular formula is C19H22N2O3S. The first kappa shape index (κ1) is 18.9. The van der Waals surface area contributed by atoms with Crippen molar-refractivity contribution >= 4 is 35.0 Å². The van der Waals surface area contributed by atoms with Crippen LogP contribution in [-0.2, 0) is 9.59 Å². The van der Waals surface area contributed by atoms with Gasteiger partial charge in [-0.15, -0.1) is 11.8 Å². The summed E-state index contributed by atoms with van der Waals surface area (Å²) in [6.45, 7) is 5.89. The predicted octanol–water partition coefficient (Wildman–Crippen LogP) is 4.08. The van der Waals surface area contributed by atoms with E-state index in [4.69, 9.17) is 4.74 Å². The van der Waals surface area contributed by atoms with Crippen LogP contribution in [0.3, 0.4) is 0 Å². The Morgan fingerprint density at radius 1 is 1.04 bits per heavy atom. The topological polar surface area (TPSA) is 67.4 Å². The molecule has 5 nitrogen and oxygen atoms in total. The summed E-state index contributed by atoms with van der Waals surface area (Å²) in [6.07, 6.45) is 0. The van der Waals surface area contributed by atoms with Crippen molar-refractivity contribution in [3.8, 4) is 5.75 Å². The summed E-state index contributed by atoms with van der Waals surface area (Å²) in [6, 6.07) is 13.1. The normalized spacial score (nSPS) is 10.2. The van der Waals surface area contributed by atoms with Crippen molar-refractivity contribution in [3.63, 3.8) is 0 Å². The van der Waals surface area contributed by atoms with Gasteiger partial charge in [0.1, 0.15) is 5.75 Å². The number of benzene rings is 2. The van der Waals surface area contributed by atoms with Crippen LogP contribution < -0.4 is 15.4 Å². The monoisotopic (exact) mass is 358 g/mol. The Bertz CT molecular complexity index is 745. The van der Waals surface area contributed by atoms with Crippen molar-refractivity contribution in [2.45, 2.75) is 25.7 Å². The van der Waals surface area contributed by atoms with Gasteiger partial charge in [0.25, 0.3) is 0 Å². The summed E-state index contributed by atoms with van der Waals surface area (Å²) < 4.78 is 5.40. The minimum Gasteiger partial charge on any atom is -0.494 e. The minimum atomic E-state index is -0.141. The molecule has 132 valence electrons. The molecule has 2 amide bonds. The molecule has 6 heteroatoms. The third kappa shape index (κ3) is 5.83.